The van der Waals surface area contributed by atoms with Crippen molar-refractivity contribution in [2.24, 2.45) is 5.41 Å². The highest BCUT2D eigenvalue weighted by Gasteiger charge is 2.51. The van der Waals surface area contributed by atoms with Gasteiger partial charge in [0, 0.05) is 37.8 Å². The van der Waals surface area contributed by atoms with Crippen LogP contribution in [0.4, 0.5) is 0 Å². The summed E-state index contributed by atoms with van der Waals surface area (Å²) in [4.78, 5) is 22.1. The molecule has 0 atom stereocenters. The van der Waals surface area contributed by atoms with E-state index in [0.29, 0.717) is 31.9 Å². The van der Waals surface area contributed by atoms with E-state index in [-0.39, 0.29) is 11.3 Å². The van der Waals surface area contributed by atoms with Gasteiger partial charge >= 0.3 is 0 Å². The summed E-state index contributed by atoms with van der Waals surface area (Å²) < 4.78 is 24.6. The van der Waals surface area contributed by atoms with Gasteiger partial charge in [0.25, 0.3) is 5.91 Å². The molecule has 1 aromatic rings. The number of hydrogen-bond donors (Lipinski definition) is 0. The largest absolute Gasteiger partial charge is 0.336 e. The van der Waals surface area contributed by atoms with Gasteiger partial charge in [0.15, 0.2) is 0 Å². The zero-order chi connectivity index (χ0) is 15.3. The van der Waals surface area contributed by atoms with Gasteiger partial charge in [-0.05, 0) is 13.3 Å². The van der Waals surface area contributed by atoms with E-state index in [9.17, 15) is 13.2 Å². The average molecular weight is 310 g/mol. The summed E-state index contributed by atoms with van der Waals surface area (Å²) in [6.45, 7) is 4.05. The van der Waals surface area contributed by atoms with E-state index in [2.05, 4.69) is 9.97 Å². The number of nitrogens with zero attached hydrogens (tertiary/aromatic N) is 4. The summed E-state index contributed by atoms with van der Waals surface area (Å²) in [6.07, 6.45) is 5.10. The summed E-state index contributed by atoms with van der Waals surface area (Å²) in [5.41, 5.74) is 1.04. The van der Waals surface area contributed by atoms with E-state index in [0.717, 1.165) is 12.1 Å². The third-order valence-electron chi connectivity index (χ3n) is 4.21. The molecule has 2 aliphatic rings. The normalized spacial score (nSPS) is 21.5. The Kier molecular flexibility index (Phi) is 3.25. The Labute approximate surface area is 124 Å². The van der Waals surface area contributed by atoms with Gasteiger partial charge in [-0.2, -0.15) is 0 Å². The van der Waals surface area contributed by atoms with Crippen LogP contribution in [0.5, 0.6) is 0 Å². The van der Waals surface area contributed by atoms with Gasteiger partial charge in [0.1, 0.15) is 5.69 Å². The van der Waals surface area contributed by atoms with Crippen LogP contribution in [0.25, 0.3) is 0 Å². The Morgan fingerprint density at radius 1 is 1.24 bits per heavy atom. The molecule has 1 amide bonds. The maximum atomic E-state index is 12.2. The lowest BCUT2D eigenvalue weighted by Gasteiger charge is -2.47. The molecule has 7 nitrogen and oxygen atoms in total. The average Bonchev–Trinajstić information content (AvgIpc) is 2.82. The van der Waals surface area contributed by atoms with Crippen molar-refractivity contribution in [3.8, 4) is 0 Å². The van der Waals surface area contributed by atoms with Gasteiger partial charge in [-0.15, -0.1) is 0 Å². The molecule has 0 aromatic carbocycles. The van der Waals surface area contributed by atoms with Gasteiger partial charge in [-0.3, -0.25) is 9.78 Å². The van der Waals surface area contributed by atoms with Crippen LogP contribution < -0.4 is 0 Å². The first kappa shape index (κ1) is 14.4. The highest BCUT2D eigenvalue weighted by Crippen LogP contribution is 2.40. The van der Waals surface area contributed by atoms with Crippen LogP contribution in [0, 0.1) is 12.3 Å². The number of carbonyl (C=O) groups excluding carboxylic acids is 1. The molecule has 21 heavy (non-hydrogen) atoms. The number of rotatable bonds is 2. The van der Waals surface area contributed by atoms with Crippen LogP contribution in [0.15, 0.2) is 12.4 Å². The third-order valence-corrected chi connectivity index (χ3v) is 5.46. The first-order valence-electron chi connectivity index (χ1n) is 6.82. The summed E-state index contributed by atoms with van der Waals surface area (Å²) >= 11 is 0. The summed E-state index contributed by atoms with van der Waals surface area (Å²) in [5.74, 6) is -0.133. The van der Waals surface area contributed by atoms with Gasteiger partial charge in [-0.1, -0.05) is 0 Å². The van der Waals surface area contributed by atoms with E-state index in [1.54, 1.807) is 11.1 Å². The summed E-state index contributed by atoms with van der Waals surface area (Å²) in [7, 11) is -3.14. The van der Waals surface area contributed by atoms with E-state index in [1.165, 1.54) is 16.8 Å². The molecule has 0 saturated carbocycles. The molecule has 0 unspecified atom stereocenters. The van der Waals surface area contributed by atoms with Crippen molar-refractivity contribution in [3.05, 3.63) is 23.8 Å². The Morgan fingerprint density at radius 3 is 2.48 bits per heavy atom. The molecular weight excluding hydrogens is 292 g/mol. The Bertz CT molecular complexity index is 665. The molecule has 114 valence electrons. The zero-order valence-corrected chi connectivity index (χ0v) is 12.9. The van der Waals surface area contributed by atoms with Crippen LogP contribution in [0.1, 0.15) is 22.6 Å². The molecule has 0 bridgehead atoms. The molecule has 0 radical (unpaired) electrons. The van der Waals surface area contributed by atoms with Crippen molar-refractivity contribution in [1.82, 2.24) is 19.2 Å². The van der Waals surface area contributed by atoms with E-state index in [4.69, 9.17) is 0 Å². The van der Waals surface area contributed by atoms with Crippen LogP contribution >= 0.6 is 0 Å². The molecule has 1 aromatic heterocycles. The lowest BCUT2D eigenvalue weighted by molar-refractivity contribution is 0.0131. The smallest absolute Gasteiger partial charge is 0.274 e. The minimum atomic E-state index is -3.14. The van der Waals surface area contributed by atoms with Crippen molar-refractivity contribution in [2.45, 2.75) is 13.3 Å². The predicted octanol–water partition coefficient (Wildman–Crippen LogP) is -0.107. The van der Waals surface area contributed by atoms with E-state index >= 15 is 0 Å². The SMILES string of the molecule is Cc1cnc(C(=O)N2CC3(CCN(S(C)(=O)=O)C3)C2)cn1. The highest BCUT2D eigenvalue weighted by atomic mass is 32.2. The van der Waals surface area contributed by atoms with Crippen molar-refractivity contribution >= 4 is 15.9 Å². The van der Waals surface area contributed by atoms with Crippen molar-refractivity contribution in [1.29, 1.82) is 0 Å². The molecule has 0 N–H and O–H groups in total. The molecule has 3 rings (SSSR count). The maximum absolute atomic E-state index is 12.2. The number of carbonyl (C=O) groups is 1. The number of hydrogen-bond acceptors (Lipinski definition) is 5. The highest BCUT2D eigenvalue weighted by molar-refractivity contribution is 7.88. The quantitative estimate of drug-likeness (QED) is 0.761. The molecule has 2 aliphatic heterocycles. The fraction of sp³-hybridized carbons (Fsp3) is 0.615. The first-order valence-corrected chi connectivity index (χ1v) is 8.67. The van der Waals surface area contributed by atoms with Gasteiger partial charge < -0.3 is 4.90 Å². The Balaban J connectivity index is 1.64. The number of sulfonamides is 1. The van der Waals surface area contributed by atoms with Crippen LogP contribution in [-0.4, -0.2) is 65.9 Å². The Morgan fingerprint density at radius 2 is 1.95 bits per heavy atom. The number of amides is 1. The number of aryl methyl sites for hydroxylation is 1. The molecule has 2 fully saturated rings. The van der Waals surface area contributed by atoms with Crippen molar-refractivity contribution in [3.63, 3.8) is 0 Å². The lowest BCUT2D eigenvalue weighted by atomic mass is 9.79. The fourth-order valence-electron chi connectivity index (χ4n) is 3.01. The van der Waals surface area contributed by atoms with Crippen LogP contribution in [0.3, 0.4) is 0 Å². The first-order chi connectivity index (χ1) is 9.79. The maximum Gasteiger partial charge on any atom is 0.274 e. The monoisotopic (exact) mass is 310 g/mol. The van der Waals surface area contributed by atoms with Crippen molar-refractivity contribution < 1.29 is 13.2 Å². The van der Waals surface area contributed by atoms with Gasteiger partial charge in [0.2, 0.25) is 10.0 Å². The van der Waals surface area contributed by atoms with Crippen LogP contribution in [0.2, 0.25) is 0 Å². The molecule has 1 spiro atoms. The number of likely N-dealkylation sites (tertiary alicyclic amines) is 1. The van der Waals surface area contributed by atoms with E-state index in [1.807, 2.05) is 6.92 Å². The van der Waals surface area contributed by atoms with Gasteiger partial charge in [-0.25, -0.2) is 17.7 Å². The second-order valence-electron chi connectivity index (χ2n) is 6.05. The van der Waals surface area contributed by atoms with E-state index < -0.39 is 10.0 Å². The lowest BCUT2D eigenvalue weighted by Crippen LogP contribution is -2.59. The molecule has 0 aliphatic carbocycles. The standard InChI is InChI=1S/C13H18N4O3S/c1-10-5-15-11(6-14-10)12(18)16-7-13(8-16)3-4-17(9-13)21(2,19)20/h5-6H,3-4,7-9H2,1-2H3. The van der Waals surface area contributed by atoms with Crippen molar-refractivity contribution in [2.75, 3.05) is 32.4 Å². The summed E-state index contributed by atoms with van der Waals surface area (Å²) in [6, 6.07) is 0. The molecule has 3 heterocycles. The molecular formula is C13H18N4O3S. The third kappa shape index (κ3) is 2.65. The van der Waals surface area contributed by atoms with Crippen LogP contribution in [-0.2, 0) is 10.0 Å². The second kappa shape index (κ2) is 4.74. The van der Waals surface area contributed by atoms with Gasteiger partial charge in [0.05, 0.1) is 18.1 Å². The summed E-state index contributed by atoms with van der Waals surface area (Å²) in [5, 5.41) is 0. The zero-order valence-electron chi connectivity index (χ0n) is 12.1. The number of aromatic nitrogens is 2. The molecule has 8 heteroatoms. The Hall–Kier alpha value is -1.54. The minimum Gasteiger partial charge on any atom is -0.336 e. The topological polar surface area (TPSA) is 83.5 Å². The molecule has 2 saturated heterocycles. The second-order valence-corrected chi connectivity index (χ2v) is 8.03. The fourth-order valence-corrected chi connectivity index (χ4v) is 3.94. The minimum absolute atomic E-state index is 0.0726. The predicted molar refractivity (Wildman–Crippen MR) is 76.1 cm³/mol.